The van der Waals surface area contributed by atoms with E-state index in [1.807, 2.05) is 0 Å². The van der Waals surface area contributed by atoms with E-state index >= 15 is 0 Å². The molecule has 3 amide bonds. The maximum Gasteiger partial charge on any atom is 0.321 e. The molecule has 0 fully saturated rings. The zero-order valence-corrected chi connectivity index (χ0v) is 10.6. The summed E-state index contributed by atoms with van der Waals surface area (Å²) in [5.74, 6) is -0.937. The van der Waals surface area contributed by atoms with E-state index in [0.717, 1.165) is 11.8 Å². The number of hydrogen-bond acceptors (Lipinski definition) is 4. The van der Waals surface area contributed by atoms with Crippen LogP contribution >= 0.6 is 11.8 Å². The highest BCUT2D eigenvalue weighted by Gasteiger charge is 2.08. The number of benzene rings is 1. The number of hydrogen-bond donors (Lipinski definition) is 3. The van der Waals surface area contributed by atoms with Gasteiger partial charge < -0.3 is 11.1 Å². The maximum absolute atomic E-state index is 13.1. The van der Waals surface area contributed by atoms with Crippen LogP contribution in [0, 0.1) is 5.82 Å². The second kappa shape index (κ2) is 6.85. The van der Waals surface area contributed by atoms with E-state index in [2.05, 4.69) is 10.6 Å². The number of nitrogens with one attached hydrogen (secondary N) is 2. The number of carbonyl (C=O) groups excluding carboxylic acids is 2. The van der Waals surface area contributed by atoms with Crippen LogP contribution in [0.2, 0.25) is 0 Å². The van der Waals surface area contributed by atoms with Gasteiger partial charge in [-0.3, -0.25) is 10.1 Å². The van der Waals surface area contributed by atoms with Crippen molar-refractivity contribution in [2.75, 3.05) is 18.0 Å². The Morgan fingerprint density at radius 1 is 1.44 bits per heavy atom. The van der Waals surface area contributed by atoms with E-state index in [0.29, 0.717) is 11.4 Å². The summed E-state index contributed by atoms with van der Waals surface area (Å²) >= 11 is 1.12. The average Bonchev–Trinajstić information content (AvgIpc) is 2.31. The lowest BCUT2D eigenvalue weighted by molar-refractivity contribution is -0.117. The molecule has 0 radical (unpaired) electrons. The number of carbonyl (C=O) groups is 2. The quantitative estimate of drug-likeness (QED) is 0.570. The standard InChI is InChI=1S/C11H14FN3O2S/c1-2-14-11(17)15-10(16)6-18-7-3-4-9(13)8(12)5-7/h3-5H,2,6,13H2,1H3,(H2,14,15,16,17). The average molecular weight is 271 g/mol. The molecule has 0 aromatic heterocycles. The van der Waals surface area contributed by atoms with Crippen LogP contribution in [0.4, 0.5) is 14.9 Å². The maximum atomic E-state index is 13.1. The van der Waals surface area contributed by atoms with E-state index in [1.54, 1.807) is 13.0 Å². The van der Waals surface area contributed by atoms with Crippen molar-refractivity contribution in [1.29, 1.82) is 0 Å². The normalized spacial score (nSPS) is 9.89. The zero-order valence-electron chi connectivity index (χ0n) is 9.83. The van der Waals surface area contributed by atoms with Gasteiger partial charge in [0.05, 0.1) is 11.4 Å². The Labute approximate surface area is 108 Å². The number of rotatable bonds is 4. The van der Waals surface area contributed by atoms with Crippen molar-refractivity contribution >= 4 is 29.4 Å². The fraction of sp³-hybridized carbons (Fsp3) is 0.273. The second-order valence-electron chi connectivity index (χ2n) is 3.38. The first-order chi connectivity index (χ1) is 8.52. The zero-order chi connectivity index (χ0) is 13.5. The number of urea groups is 1. The minimum Gasteiger partial charge on any atom is -0.396 e. The van der Waals surface area contributed by atoms with Crippen LogP contribution in [0.3, 0.4) is 0 Å². The smallest absolute Gasteiger partial charge is 0.321 e. The van der Waals surface area contributed by atoms with Crippen molar-refractivity contribution in [2.24, 2.45) is 0 Å². The monoisotopic (exact) mass is 271 g/mol. The van der Waals surface area contributed by atoms with Gasteiger partial charge in [0.25, 0.3) is 0 Å². The van der Waals surface area contributed by atoms with Gasteiger partial charge in [0.2, 0.25) is 5.91 Å². The molecule has 0 aliphatic carbocycles. The third kappa shape index (κ3) is 4.62. The van der Waals surface area contributed by atoms with Gasteiger partial charge >= 0.3 is 6.03 Å². The number of halogens is 1. The summed E-state index contributed by atoms with van der Waals surface area (Å²) in [7, 11) is 0. The number of imide groups is 1. The van der Waals surface area contributed by atoms with Crippen molar-refractivity contribution < 1.29 is 14.0 Å². The molecule has 5 nitrogen and oxygen atoms in total. The fourth-order valence-electron chi connectivity index (χ4n) is 1.11. The molecule has 0 atom stereocenters. The van der Waals surface area contributed by atoms with Crippen LogP contribution in [-0.2, 0) is 4.79 Å². The SMILES string of the molecule is CCNC(=O)NC(=O)CSc1ccc(N)c(F)c1. The number of nitrogens with two attached hydrogens (primary N) is 1. The summed E-state index contributed by atoms with van der Waals surface area (Å²) in [6.45, 7) is 2.19. The molecular formula is C11H14FN3O2S. The fourth-order valence-corrected chi connectivity index (χ4v) is 1.83. The van der Waals surface area contributed by atoms with Gasteiger partial charge in [-0.05, 0) is 25.1 Å². The summed E-state index contributed by atoms with van der Waals surface area (Å²) in [5.41, 5.74) is 5.39. The highest BCUT2D eigenvalue weighted by atomic mass is 32.2. The van der Waals surface area contributed by atoms with Crippen molar-refractivity contribution in [3.63, 3.8) is 0 Å². The summed E-state index contributed by atoms with van der Waals surface area (Å²) in [5, 5.41) is 4.58. The molecule has 1 aromatic carbocycles. The largest absolute Gasteiger partial charge is 0.396 e. The molecule has 0 saturated carbocycles. The molecular weight excluding hydrogens is 257 g/mol. The molecule has 98 valence electrons. The summed E-state index contributed by atoms with van der Waals surface area (Å²) in [6, 6.07) is 3.76. The van der Waals surface area contributed by atoms with E-state index in [4.69, 9.17) is 5.73 Å². The Bertz CT molecular complexity index is 454. The molecule has 0 bridgehead atoms. The molecule has 4 N–H and O–H groups in total. The van der Waals surface area contributed by atoms with Crippen LogP contribution in [0.1, 0.15) is 6.92 Å². The predicted octanol–water partition coefficient (Wildman–Crippen LogP) is 1.35. The van der Waals surface area contributed by atoms with E-state index in [9.17, 15) is 14.0 Å². The topological polar surface area (TPSA) is 84.2 Å². The van der Waals surface area contributed by atoms with Crippen LogP contribution in [0.15, 0.2) is 23.1 Å². The third-order valence-electron chi connectivity index (χ3n) is 1.93. The van der Waals surface area contributed by atoms with Crippen LogP contribution in [0.25, 0.3) is 0 Å². The molecule has 0 aliphatic heterocycles. The van der Waals surface area contributed by atoms with Gasteiger partial charge in [-0.1, -0.05) is 0 Å². The molecule has 1 rings (SSSR count). The Balaban J connectivity index is 2.42. The summed E-state index contributed by atoms with van der Waals surface area (Å²) in [4.78, 5) is 23.0. The van der Waals surface area contributed by atoms with Gasteiger partial charge in [0.1, 0.15) is 5.82 Å². The number of amides is 3. The second-order valence-corrected chi connectivity index (χ2v) is 4.43. The van der Waals surface area contributed by atoms with Gasteiger partial charge in [-0.25, -0.2) is 9.18 Å². The predicted molar refractivity (Wildman–Crippen MR) is 68.8 cm³/mol. The molecule has 0 unspecified atom stereocenters. The molecule has 7 heteroatoms. The van der Waals surface area contributed by atoms with Crippen LogP contribution in [0.5, 0.6) is 0 Å². The highest BCUT2D eigenvalue weighted by Crippen LogP contribution is 2.21. The highest BCUT2D eigenvalue weighted by molar-refractivity contribution is 8.00. The molecule has 0 spiro atoms. The van der Waals surface area contributed by atoms with Crippen molar-refractivity contribution in [2.45, 2.75) is 11.8 Å². The van der Waals surface area contributed by atoms with E-state index < -0.39 is 17.8 Å². The van der Waals surface area contributed by atoms with Crippen LogP contribution in [-0.4, -0.2) is 24.2 Å². The first kappa shape index (κ1) is 14.3. The molecule has 0 aliphatic rings. The molecule has 0 heterocycles. The molecule has 1 aromatic rings. The van der Waals surface area contributed by atoms with Crippen molar-refractivity contribution in [3.05, 3.63) is 24.0 Å². The Kier molecular flexibility index (Phi) is 5.44. The van der Waals surface area contributed by atoms with E-state index in [-0.39, 0.29) is 11.4 Å². The third-order valence-corrected chi connectivity index (χ3v) is 2.93. The number of thioether (sulfide) groups is 1. The Morgan fingerprint density at radius 3 is 2.78 bits per heavy atom. The van der Waals surface area contributed by atoms with Gasteiger partial charge in [-0.2, -0.15) is 0 Å². The van der Waals surface area contributed by atoms with Gasteiger partial charge in [0.15, 0.2) is 0 Å². The van der Waals surface area contributed by atoms with Gasteiger partial charge in [0, 0.05) is 11.4 Å². The minimum atomic E-state index is -0.536. The van der Waals surface area contributed by atoms with Gasteiger partial charge in [-0.15, -0.1) is 11.8 Å². The molecule has 18 heavy (non-hydrogen) atoms. The Hall–Kier alpha value is -1.76. The lowest BCUT2D eigenvalue weighted by atomic mass is 10.3. The minimum absolute atomic E-state index is 0.0283. The lowest BCUT2D eigenvalue weighted by Gasteiger charge is -2.05. The summed E-state index contributed by atoms with van der Waals surface area (Å²) < 4.78 is 13.1. The number of nitrogen functional groups attached to an aromatic ring is 1. The molecule has 0 saturated heterocycles. The first-order valence-corrected chi connectivity index (χ1v) is 6.27. The van der Waals surface area contributed by atoms with Crippen molar-refractivity contribution in [1.82, 2.24) is 10.6 Å². The van der Waals surface area contributed by atoms with Crippen molar-refractivity contribution in [3.8, 4) is 0 Å². The lowest BCUT2D eigenvalue weighted by Crippen LogP contribution is -2.40. The van der Waals surface area contributed by atoms with Crippen LogP contribution < -0.4 is 16.4 Å². The van der Waals surface area contributed by atoms with E-state index in [1.165, 1.54) is 12.1 Å². The number of anilines is 1. The first-order valence-electron chi connectivity index (χ1n) is 5.28. The summed E-state index contributed by atoms with van der Waals surface area (Å²) in [6.07, 6.45) is 0. The Morgan fingerprint density at radius 2 is 2.17 bits per heavy atom.